The molecule has 4 N–H and O–H groups in total. The molecule has 0 aliphatic carbocycles. The van der Waals surface area contributed by atoms with Gasteiger partial charge in [0, 0.05) is 19.2 Å². The molecule has 0 aliphatic rings. The zero-order chi connectivity index (χ0) is 28.3. The third kappa shape index (κ3) is 5.53. The normalized spacial score (nSPS) is 13.6. The third-order valence-corrected chi connectivity index (χ3v) is 8.02. The van der Waals surface area contributed by atoms with Crippen molar-refractivity contribution < 1.29 is 18.9 Å². The van der Waals surface area contributed by atoms with Crippen molar-refractivity contribution in [2.75, 3.05) is 18.5 Å². The molecule has 1 amide bonds. The second-order valence-corrected chi connectivity index (χ2v) is 11.2. The topological polar surface area (TPSA) is 177 Å². The van der Waals surface area contributed by atoms with Crippen LogP contribution in [0.25, 0.3) is 11.2 Å². The lowest BCUT2D eigenvalue weighted by molar-refractivity contribution is -0.141. The van der Waals surface area contributed by atoms with Gasteiger partial charge in [-0.05, 0) is 17.5 Å². The number of rotatable bonds is 9. The fraction of sp³-hybridized carbons (Fsp3) is 0.269. The van der Waals surface area contributed by atoms with Crippen molar-refractivity contribution in [2.45, 2.75) is 37.5 Å². The summed E-state index contributed by atoms with van der Waals surface area (Å²) < 4.78 is 23.2. The van der Waals surface area contributed by atoms with E-state index in [2.05, 4.69) is 9.97 Å². The molecule has 2 atom stereocenters. The number of carbonyl (C=O) groups excluding carboxylic acids is 1. The zero-order valence-electron chi connectivity index (χ0n) is 21.5. The molecule has 0 saturated carbocycles. The summed E-state index contributed by atoms with van der Waals surface area (Å²) in [6.07, 6.45) is 0.437. The Morgan fingerprint density at radius 3 is 2.23 bits per heavy atom. The van der Waals surface area contributed by atoms with Crippen LogP contribution in [0.4, 0.5) is 10.6 Å². The number of nitrogens with two attached hydrogens (primary N) is 1. The van der Waals surface area contributed by atoms with Gasteiger partial charge in [-0.1, -0.05) is 67.6 Å². The number of aliphatic carboxylic acids is 1. The van der Waals surface area contributed by atoms with Crippen LogP contribution in [-0.4, -0.2) is 64.2 Å². The van der Waals surface area contributed by atoms with Gasteiger partial charge in [0.25, 0.3) is 0 Å². The van der Waals surface area contributed by atoms with Crippen molar-refractivity contribution in [1.82, 2.24) is 24.0 Å². The first-order chi connectivity index (χ1) is 18.5. The molecule has 2 unspecified atom stereocenters. The molecule has 0 saturated heterocycles. The summed E-state index contributed by atoms with van der Waals surface area (Å²) in [7, 11) is -2.12. The lowest BCUT2D eigenvalue weighted by Crippen LogP contribution is -2.48. The minimum atomic E-state index is -3.41. The first-order valence-corrected chi connectivity index (χ1v) is 13.9. The predicted octanol–water partition coefficient (Wildman–Crippen LogP) is 2.63. The maximum atomic E-state index is 13.7. The van der Waals surface area contributed by atoms with Gasteiger partial charge >= 0.3 is 17.7 Å². The molecule has 0 bridgehead atoms. The van der Waals surface area contributed by atoms with E-state index in [1.165, 1.54) is 11.6 Å². The molecule has 4 aromatic rings. The van der Waals surface area contributed by atoms with Crippen molar-refractivity contribution in [3.63, 3.8) is 0 Å². The van der Waals surface area contributed by atoms with E-state index in [9.17, 15) is 23.7 Å². The summed E-state index contributed by atoms with van der Waals surface area (Å²) in [4.78, 5) is 48.9. The molecule has 2 aromatic heterocycles. The SMILES string of the molecule is CCCS(=N)(=O)c1nc(N)c2c(n1)n(Cc1ccccc1)c(=O)n2C(=O)N(C)C(Cc1ccccc1)C(=O)O. The van der Waals surface area contributed by atoms with Crippen LogP contribution in [0.2, 0.25) is 0 Å². The Bertz CT molecular complexity index is 1680. The summed E-state index contributed by atoms with van der Waals surface area (Å²) in [6, 6.07) is 15.5. The standard InChI is InChI=1S/C26H29N7O5S/c1-3-14-39(28,38)24-29-21(27)20-22(30-24)32(16-18-12-8-5-9-13-18)26(37)33(20)25(36)31(2)19(23(34)35)15-17-10-6-4-7-11-17/h4-13,19,28H,3,14-16H2,1-2H3,(H,34,35)(H2,27,29,30). The molecular weight excluding hydrogens is 522 g/mol. The monoisotopic (exact) mass is 551 g/mol. The Hall–Kier alpha value is -4.52. The minimum absolute atomic E-state index is 0.00384. The van der Waals surface area contributed by atoms with E-state index in [0.29, 0.717) is 17.5 Å². The highest BCUT2D eigenvalue weighted by Gasteiger charge is 2.32. The number of hydrogen-bond acceptors (Lipinski definition) is 8. The second kappa shape index (κ2) is 11.1. The number of carboxylic acid groups (broad SMARTS) is 1. The Morgan fingerprint density at radius 2 is 1.67 bits per heavy atom. The molecule has 0 aliphatic heterocycles. The number of likely N-dealkylation sites (N-methyl/N-ethyl adjacent to an activating group) is 1. The number of fused-ring (bicyclic) bond motifs is 1. The summed E-state index contributed by atoms with van der Waals surface area (Å²) >= 11 is 0. The van der Waals surface area contributed by atoms with E-state index < -0.39 is 33.5 Å². The van der Waals surface area contributed by atoms with Gasteiger partial charge in [0.2, 0.25) is 5.16 Å². The Kier molecular flexibility index (Phi) is 7.81. The molecule has 2 heterocycles. The molecule has 0 radical (unpaired) electrons. The molecule has 2 aromatic carbocycles. The number of benzene rings is 2. The van der Waals surface area contributed by atoms with Crippen LogP contribution in [0, 0.1) is 4.78 Å². The van der Waals surface area contributed by atoms with Gasteiger partial charge in [0.05, 0.1) is 6.54 Å². The number of nitrogens with zero attached hydrogens (tertiary/aromatic N) is 5. The number of anilines is 1. The number of carbonyl (C=O) groups is 2. The van der Waals surface area contributed by atoms with E-state index in [1.807, 2.05) is 6.07 Å². The molecule has 12 nitrogen and oxygen atoms in total. The summed E-state index contributed by atoms with van der Waals surface area (Å²) in [5.41, 5.74) is 6.57. The van der Waals surface area contributed by atoms with Crippen molar-refractivity contribution >= 4 is 38.7 Å². The maximum absolute atomic E-state index is 13.7. The Balaban J connectivity index is 1.89. The van der Waals surface area contributed by atoms with Gasteiger partial charge in [-0.3, -0.25) is 4.57 Å². The Morgan fingerprint density at radius 1 is 1.08 bits per heavy atom. The first kappa shape index (κ1) is 27.5. The number of hydrogen-bond donors (Lipinski definition) is 3. The van der Waals surface area contributed by atoms with Crippen LogP contribution in [0.15, 0.2) is 70.6 Å². The van der Waals surface area contributed by atoms with E-state index in [-0.39, 0.29) is 40.9 Å². The average molecular weight is 552 g/mol. The number of aromatic nitrogens is 4. The molecular formula is C26H29N7O5S. The lowest BCUT2D eigenvalue weighted by Gasteiger charge is -2.25. The fourth-order valence-electron chi connectivity index (χ4n) is 4.28. The first-order valence-electron chi connectivity index (χ1n) is 12.2. The fourth-order valence-corrected chi connectivity index (χ4v) is 5.52. The molecule has 4 rings (SSSR count). The zero-order valence-corrected chi connectivity index (χ0v) is 22.3. The largest absolute Gasteiger partial charge is 0.480 e. The van der Waals surface area contributed by atoms with E-state index in [4.69, 9.17) is 10.5 Å². The Labute approximate surface area is 224 Å². The molecule has 204 valence electrons. The van der Waals surface area contributed by atoms with Crippen LogP contribution in [0.1, 0.15) is 24.5 Å². The number of imidazole rings is 1. The smallest absolute Gasteiger partial charge is 0.339 e. The van der Waals surface area contributed by atoms with Crippen molar-refractivity contribution in [3.05, 3.63) is 82.3 Å². The van der Waals surface area contributed by atoms with Crippen molar-refractivity contribution in [3.8, 4) is 0 Å². The van der Waals surface area contributed by atoms with Gasteiger partial charge in [-0.2, -0.15) is 4.98 Å². The molecule has 13 heteroatoms. The molecule has 39 heavy (non-hydrogen) atoms. The third-order valence-electron chi connectivity index (χ3n) is 6.26. The van der Waals surface area contributed by atoms with E-state index in [0.717, 1.165) is 9.47 Å². The van der Waals surface area contributed by atoms with Crippen LogP contribution >= 0.6 is 0 Å². The summed E-state index contributed by atoms with van der Waals surface area (Å²) in [5, 5.41) is 9.59. The second-order valence-electron chi connectivity index (χ2n) is 9.07. The van der Waals surface area contributed by atoms with E-state index >= 15 is 0 Å². The highest BCUT2D eigenvalue weighted by atomic mass is 32.2. The summed E-state index contributed by atoms with van der Waals surface area (Å²) in [5.74, 6) is -1.58. The van der Waals surface area contributed by atoms with Crippen LogP contribution < -0.4 is 11.4 Å². The van der Waals surface area contributed by atoms with Crippen LogP contribution in [-0.2, 0) is 27.5 Å². The van der Waals surface area contributed by atoms with E-state index in [1.54, 1.807) is 61.5 Å². The number of nitrogens with one attached hydrogen (secondary N) is 1. The lowest BCUT2D eigenvalue weighted by atomic mass is 10.1. The van der Waals surface area contributed by atoms with Gasteiger partial charge < -0.3 is 15.7 Å². The van der Waals surface area contributed by atoms with Gasteiger partial charge in [-0.25, -0.2) is 32.9 Å². The molecule has 0 spiro atoms. The maximum Gasteiger partial charge on any atom is 0.339 e. The van der Waals surface area contributed by atoms with Crippen LogP contribution in [0.5, 0.6) is 0 Å². The average Bonchev–Trinajstić information content (AvgIpc) is 3.19. The van der Waals surface area contributed by atoms with Crippen LogP contribution in [0.3, 0.4) is 0 Å². The van der Waals surface area contributed by atoms with Gasteiger partial charge in [0.15, 0.2) is 11.5 Å². The quantitative estimate of drug-likeness (QED) is 0.266. The predicted molar refractivity (Wildman–Crippen MR) is 146 cm³/mol. The number of amides is 1. The highest BCUT2D eigenvalue weighted by Crippen LogP contribution is 2.22. The number of nitrogen functional groups attached to an aromatic ring is 1. The number of carboxylic acids is 1. The van der Waals surface area contributed by atoms with Crippen molar-refractivity contribution in [2.24, 2.45) is 0 Å². The van der Waals surface area contributed by atoms with Gasteiger partial charge in [-0.15, -0.1) is 0 Å². The minimum Gasteiger partial charge on any atom is -0.480 e. The highest BCUT2D eigenvalue weighted by molar-refractivity contribution is 7.92. The summed E-state index contributed by atoms with van der Waals surface area (Å²) in [6.45, 7) is 1.76. The molecule has 0 fully saturated rings. The van der Waals surface area contributed by atoms with Crippen molar-refractivity contribution in [1.29, 1.82) is 4.78 Å². The van der Waals surface area contributed by atoms with Gasteiger partial charge in [0.1, 0.15) is 21.3 Å².